The van der Waals surface area contributed by atoms with Crippen LogP contribution in [-0.4, -0.2) is 11.6 Å². The maximum atomic E-state index is 12.2. The molecule has 3 heteroatoms. The lowest BCUT2D eigenvalue weighted by Gasteiger charge is -1.96. The molecule has 3 rings (SSSR count). The van der Waals surface area contributed by atoms with Crippen molar-refractivity contribution in [2.24, 2.45) is 0 Å². The van der Waals surface area contributed by atoms with Crippen LogP contribution in [0.3, 0.4) is 0 Å². The highest BCUT2D eigenvalue weighted by molar-refractivity contribution is 6.41. The van der Waals surface area contributed by atoms with Crippen LogP contribution in [0.15, 0.2) is 54.1 Å². The van der Waals surface area contributed by atoms with Crippen molar-refractivity contribution in [1.29, 1.82) is 5.26 Å². The van der Waals surface area contributed by atoms with E-state index in [0.717, 1.165) is 0 Å². The lowest BCUT2D eigenvalue weighted by Crippen LogP contribution is -2.00. The molecule has 20 heavy (non-hydrogen) atoms. The number of carbonyl (C=O) groups is 2. The van der Waals surface area contributed by atoms with Crippen molar-refractivity contribution in [1.82, 2.24) is 0 Å². The third kappa shape index (κ3) is 1.84. The van der Waals surface area contributed by atoms with Gasteiger partial charge in [0.15, 0.2) is 11.6 Å². The average Bonchev–Trinajstić information content (AvgIpc) is 2.73. The molecule has 0 saturated heterocycles. The van der Waals surface area contributed by atoms with E-state index in [0.29, 0.717) is 22.3 Å². The second-order valence-corrected chi connectivity index (χ2v) is 4.50. The average molecular weight is 259 g/mol. The van der Waals surface area contributed by atoms with Gasteiger partial charge in [0.25, 0.3) is 0 Å². The van der Waals surface area contributed by atoms with Gasteiger partial charge in [-0.1, -0.05) is 36.4 Å². The lowest BCUT2D eigenvalue weighted by molar-refractivity contribution is 0.0990. The highest BCUT2D eigenvalue weighted by Crippen LogP contribution is 2.27. The molecule has 1 aliphatic carbocycles. The zero-order chi connectivity index (χ0) is 14.1. The number of hydrogen-bond donors (Lipinski definition) is 0. The van der Waals surface area contributed by atoms with Crippen LogP contribution in [-0.2, 0) is 0 Å². The van der Waals surface area contributed by atoms with E-state index >= 15 is 0 Å². The topological polar surface area (TPSA) is 57.9 Å². The van der Waals surface area contributed by atoms with Crippen LogP contribution in [0.2, 0.25) is 0 Å². The Morgan fingerprint density at radius 1 is 0.900 bits per heavy atom. The molecule has 0 spiro atoms. The van der Waals surface area contributed by atoms with Gasteiger partial charge in [0.05, 0.1) is 17.2 Å². The molecule has 0 N–H and O–H groups in total. The maximum Gasteiger partial charge on any atom is 0.197 e. The molecule has 0 unspecified atom stereocenters. The van der Waals surface area contributed by atoms with Crippen molar-refractivity contribution in [3.05, 3.63) is 76.4 Å². The Morgan fingerprint density at radius 2 is 1.55 bits per heavy atom. The second kappa shape index (κ2) is 4.60. The summed E-state index contributed by atoms with van der Waals surface area (Å²) in [7, 11) is 0. The van der Waals surface area contributed by atoms with Crippen LogP contribution in [0.5, 0.6) is 0 Å². The normalized spacial score (nSPS) is 13.1. The number of allylic oxidation sites excluding steroid dienone is 1. The molecule has 0 heterocycles. The van der Waals surface area contributed by atoms with Crippen molar-refractivity contribution in [2.45, 2.75) is 0 Å². The second-order valence-electron chi connectivity index (χ2n) is 4.50. The fourth-order valence-electron chi connectivity index (χ4n) is 2.27. The van der Waals surface area contributed by atoms with Crippen molar-refractivity contribution < 1.29 is 9.59 Å². The monoisotopic (exact) mass is 259 g/mol. The molecule has 94 valence electrons. The molecule has 0 aliphatic heterocycles. The number of hydrogen-bond acceptors (Lipinski definition) is 3. The van der Waals surface area contributed by atoms with E-state index in [4.69, 9.17) is 5.26 Å². The van der Waals surface area contributed by atoms with Gasteiger partial charge < -0.3 is 0 Å². The molecular formula is C17H9NO2. The maximum absolute atomic E-state index is 12.2. The molecule has 0 amide bonds. The Morgan fingerprint density at radius 3 is 2.15 bits per heavy atom. The minimum absolute atomic E-state index is 0.154. The molecule has 0 aromatic heterocycles. The van der Waals surface area contributed by atoms with E-state index in [2.05, 4.69) is 0 Å². The van der Waals surface area contributed by atoms with E-state index in [1.807, 2.05) is 6.07 Å². The van der Waals surface area contributed by atoms with Crippen molar-refractivity contribution in [3.8, 4) is 6.07 Å². The summed E-state index contributed by atoms with van der Waals surface area (Å²) in [6, 6.07) is 15.6. The fraction of sp³-hybridized carbons (Fsp3) is 0. The molecule has 0 radical (unpaired) electrons. The van der Waals surface area contributed by atoms with Gasteiger partial charge >= 0.3 is 0 Å². The van der Waals surface area contributed by atoms with Gasteiger partial charge in [-0.2, -0.15) is 5.26 Å². The summed E-state index contributed by atoms with van der Waals surface area (Å²) >= 11 is 0. The Labute approximate surface area is 115 Å². The van der Waals surface area contributed by atoms with Gasteiger partial charge in [0, 0.05) is 11.1 Å². The lowest BCUT2D eigenvalue weighted by atomic mass is 10.1. The molecule has 0 atom stereocenters. The van der Waals surface area contributed by atoms with Crippen LogP contribution in [0, 0.1) is 11.3 Å². The minimum Gasteiger partial charge on any atom is -0.288 e. The van der Waals surface area contributed by atoms with Crippen LogP contribution < -0.4 is 0 Å². The number of Topliss-reactive ketones (excluding diaryl/α,β-unsaturated/α-hetero) is 2. The number of rotatable bonds is 1. The van der Waals surface area contributed by atoms with Crippen molar-refractivity contribution >= 4 is 17.6 Å². The van der Waals surface area contributed by atoms with Gasteiger partial charge in [-0.05, 0) is 23.8 Å². The molecule has 0 fully saturated rings. The summed E-state index contributed by atoms with van der Waals surface area (Å²) in [5, 5.41) is 8.86. The van der Waals surface area contributed by atoms with Crippen molar-refractivity contribution in [3.63, 3.8) is 0 Å². The highest BCUT2D eigenvalue weighted by atomic mass is 16.2. The van der Waals surface area contributed by atoms with Gasteiger partial charge in [-0.15, -0.1) is 0 Å². The summed E-state index contributed by atoms with van der Waals surface area (Å²) in [6.45, 7) is 0. The van der Waals surface area contributed by atoms with E-state index in [9.17, 15) is 9.59 Å². The third-order valence-electron chi connectivity index (χ3n) is 3.23. The Hall–Kier alpha value is -2.99. The predicted molar refractivity (Wildman–Crippen MR) is 74.2 cm³/mol. The summed E-state index contributed by atoms with van der Waals surface area (Å²) in [5.74, 6) is -0.513. The third-order valence-corrected chi connectivity index (χ3v) is 3.23. The zero-order valence-corrected chi connectivity index (χ0v) is 10.5. The first-order chi connectivity index (χ1) is 9.70. The standard InChI is InChI=1S/C17H9NO2/c18-10-12-5-3-4-11(8-12)9-15-16(19)13-6-1-2-7-14(13)17(15)20/h1-9H. The van der Waals surface area contributed by atoms with E-state index in [-0.39, 0.29) is 17.1 Å². The first-order valence-electron chi connectivity index (χ1n) is 6.11. The van der Waals surface area contributed by atoms with Gasteiger partial charge in [0.2, 0.25) is 0 Å². The van der Waals surface area contributed by atoms with E-state index in [1.165, 1.54) is 0 Å². The first-order valence-corrected chi connectivity index (χ1v) is 6.11. The Kier molecular flexibility index (Phi) is 2.77. The summed E-state index contributed by atoms with van der Waals surface area (Å²) in [5.41, 5.74) is 2.21. The quantitative estimate of drug-likeness (QED) is 0.584. The zero-order valence-electron chi connectivity index (χ0n) is 10.5. The SMILES string of the molecule is N#Cc1cccc(C=C2C(=O)c3ccccc3C2=O)c1. The first kappa shape index (κ1) is 12.1. The molecule has 3 nitrogen and oxygen atoms in total. The van der Waals surface area contributed by atoms with Gasteiger partial charge in [-0.25, -0.2) is 0 Å². The fourth-order valence-corrected chi connectivity index (χ4v) is 2.27. The summed E-state index contributed by atoms with van der Waals surface area (Å²) in [6.07, 6.45) is 1.55. The van der Waals surface area contributed by atoms with E-state index < -0.39 is 0 Å². The van der Waals surface area contributed by atoms with Crippen LogP contribution in [0.25, 0.3) is 6.08 Å². The molecule has 0 bridgehead atoms. The van der Waals surface area contributed by atoms with Crippen LogP contribution in [0.1, 0.15) is 31.8 Å². The molecule has 0 saturated carbocycles. The number of benzene rings is 2. The Bertz CT molecular complexity index is 773. The van der Waals surface area contributed by atoms with Crippen LogP contribution in [0.4, 0.5) is 0 Å². The number of nitrogens with zero attached hydrogens (tertiary/aromatic N) is 1. The van der Waals surface area contributed by atoms with Gasteiger partial charge in [0.1, 0.15) is 0 Å². The van der Waals surface area contributed by atoms with Gasteiger partial charge in [-0.3, -0.25) is 9.59 Å². The smallest absolute Gasteiger partial charge is 0.197 e. The molecule has 1 aliphatic rings. The molecule has 2 aromatic carbocycles. The predicted octanol–water partition coefficient (Wildman–Crippen LogP) is 3.02. The Balaban J connectivity index is 2.09. The highest BCUT2D eigenvalue weighted by Gasteiger charge is 2.32. The van der Waals surface area contributed by atoms with E-state index in [1.54, 1.807) is 54.6 Å². The van der Waals surface area contributed by atoms with Crippen molar-refractivity contribution in [2.75, 3.05) is 0 Å². The summed E-state index contributed by atoms with van der Waals surface area (Å²) in [4.78, 5) is 24.4. The summed E-state index contributed by atoms with van der Waals surface area (Å²) < 4.78 is 0. The largest absolute Gasteiger partial charge is 0.288 e. The number of fused-ring (bicyclic) bond motifs is 1. The van der Waals surface area contributed by atoms with Crippen LogP contribution >= 0.6 is 0 Å². The molecule has 2 aromatic rings. The number of nitriles is 1. The molecular weight excluding hydrogens is 250 g/mol. The number of carbonyl (C=O) groups excluding carboxylic acids is 2. The number of ketones is 2. The minimum atomic E-state index is -0.257.